The van der Waals surface area contributed by atoms with Crippen molar-refractivity contribution in [2.45, 2.75) is 77.5 Å². The molecule has 2 aromatic rings. The van der Waals surface area contributed by atoms with Gasteiger partial charge in [0.1, 0.15) is 24.0 Å². The summed E-state index contributed by atoms with van der Waals surface area (Å²) in [6.07, 6.45) is 5.46. The first-order valence-electron chi connectivity index (χ1n) is 12.2. The Morgan fingerprint density at radius 3 is 2.80 bits per heavy atom. The molecule has 2 aromatic heterocycles. The van der Waals surface area contributed by atoms with Crippen LogP contribution in [-0.4, -0.2) is 55.3 Å². The van der Waals surface area contributed by atoms with E-state index in [-0.39, 0.29) is 42.4 Å². The molecule has 3 heterocycles. The third kappa shape index (κ3) is 5.28. The van der Waals surface area contributed by atoms with Gasteiger partial charge in [0.25, 0.3) is 0 Å². The zero-order valence-corrected chi connectivity index (χ0v) is 20.3. The van der Waals surface area contributed by atoms with Gasteiger partial charge in [-0.15, -0.1) is 0 Å². The Hall–Kier alpha value is -3.50. The maximum atomic E-state index is 13.5. The molecule has 1 aliphatic carbocycles. The minimum absolute atomic E-state index is 0.0517. The first kappa shape index (κ1) is 24.6. The average molecular weight is 484 g/mol. The number of aromatic nitrogens is 4. The molecule has 0 aromatic carbocycles. The molecular weight excluding hydrogens is 450 g/mol. The van der Waals surface area contributed by atoms with Crippen LogP contribution in [-0.2, 0) is 38.7 Å². The quantitative estimate of drug-likeness (QED) is 0.431. The lowest BCUT2D eigenvalue weighted by atomic mass is 9.79. The number of carbonyl (C=O) groups is 4. The average Bonchev–Trinajstić information content (AvgIpc) is 3.46. The van der Waals surface area contributed by atoms with Crippen LogP contribution in [0.2, 0.25) is 0 Å². The van der Waals surface area contributed by atoms with E-state index in [2.05, 4.69) is 31.1 Å². The number of rotatable bonds is 8. The summed E-state index contributed by atoms with van der Waals surface area (Å²) < 4.78 is 1.99. The first-order valence-corrected chi connectivity index (χ1v) is 12.2. The van der Waals surface area contributed by atoms with Crippen molar-refractivity contribution in [3.8, 4) is 0 Å². The molecule has 188 valence electrons. The Labute approximate surface area is 203 Å². The van der Waals surface area contributed by atoms with Gasteiger partial charge < -0.3 is 20.5 Å². The lowest BCUT2D eigenvalue weighted by Gasteiger charge is -2.34. The monoisotopic (exact) mass is 483 g/mol. The van der Waals surface area contributed by atoms with Crippen molar-refractivity contribution in [1.82, 2.24) is 35.7 Å². The number of H-pyrrole nitrogens is 1. The number of nitrogens with one attached hydrogen (secondary N) is 4. The lowest BCUT2D eigenvalue weighted by Crippen LogP contribution is -2.54. The van der Waals surface area contributed by atoms with Crippen molar-refractivity contribution >= 4 is 23.5 Å². The van der Waals surface area contributed by atoms with Crippen molar-refractivity contribution in [1.29, 1.82) is 0 Å². The van der Waals surface area contributed by atoms with Gasteiger partial charge in [0.05, 0.1) is 18.4 Å². The van der Waals surface area contributed by atoms with Crippen molar-refractivity contribution < 1.29 is 19.2 Å². The number of nitrogens with zero attached hydrogens (tertiary/aromatic N) is 3. The van der Waals surface area contributed by atoms with E-state index in [0.717, 1.165) is 24.1 Å². The molecule has 0 saturated heterocycles. The summed E-state index contributed by atoms with van der Waals surface area (Å²) in [5, 5.41) is 15.1. The van der Waals surface area contributed by atoms with E-state index in [0.29, 0.717) is 18.8 Å². The second-order valence-electron chi connectivity index (χ2n) is 9.59. The Bertz CT molecular complexity index is 1090. The van der Waals surface area contributed by atoms with Gasteiger partial charge in [-0.05, 0) is 30.4 Å². The molecule has 4 N–H and O–H groups in total. The molecule has 2 aliphatic rings. The van der Waals surface area contributed by atoms with Gasteiger partial charge in [0.2, 0.25) is 17.7 Å². The maximum Gasteiger partial charge on any atom is 0.243 e. The summed E-state index contributed by atoms with van der Waals surface area (Å²) in [7, 11) is 0. The maximum absolute atomic E-state index is 13.5. The van der Waals surface area contributed by atoms with Crippen molar-refractivity contribution in [3.05, 3.63) is 35.7 Å². The predicted molar refractivity (Wildman–Crippen MR) is 126 cm³/mol. The van der Waals surface area contributed by atoms with Crippen LogP contribution in [0.4, 0.5) is 0 Å². The highest BCUT2D eigenvalue weighted by Gasteiger charge is 2.42. The molecule has 1 unspecified atom stereocenters. The van der Waals surface area contributed by atoms with Gasteiger partial charge in [-0.2, -0.15) is 5.10 Å². The molecule has 0 saturated carbocycles. The van der Waals surface area contributed by atoms with Crippen LogP contribution >= 0.6 is 0 Å². The summed E-state index contributed by atoms with van der Waals surface area (Å²) in [5.74, 6) is -1.41. The zero-order valence-electron chi connectivity index (χ0n) is 20.3. The van der Waals surface area contributed by atoms with Gasteiger partial charge in [-0.25, -0.2) is 4.98 Å². The van der Waals surface area contributed by atoms with Gasteiger partial charge >= 0.3 is 0 Å². The van der Waals surface area contributed by atoms with Crippen LogP contribution in [0.3, 0.4) is 0 Å². The molecule has 1 aliphatic heterocycles. The minimum Gasteiger partial charge on any atom is -0.350 e. The van der Waals surface area contributed by atoms with Crippen LogP contribution in [0.5, 0.6) is 0 Å². The molecule has 11 heteroatoms. The van der Waals surface area contributed by atoms with Gasteiger partial charge in [-0.3, -0.25) is 24.3 Å². The van der Waals surface area contributed by atoms with Crippen LogP contribution < -0.4 is 16.0 Å². The number of hydrogen-bond acceptors (Lipinski definition) is 6. The highest BCUT2D eigenvalue weighted by molar-refractivity contribution is 5.93. The molecular formula is C24H33N7O4. The molecule has 3 amide bonds. The van der Waals surface area contributed by atoms with E-state index >= 15 is 0 Å². The Morgan fingerprint density at radius 2 is 2.11 bits per heavy atom. The largest absolute Gasteiger partial charge is 0.350 e. The Kier molecular flexibility index (Phi) is 7.32. The number of aryl methyl sites for hydroxylation is 1. The third-order valence-corrected chi connectivity index (χ3v) is 7.17. The fraction of sp³-hybridized carbons (Fsp3) is 0.583. The molecule has 0 fully saturated rings. The number of hydrogen-bond donors (Lipinski definition) is 4. The van der Waals surface area contributed by atoms with Gasteiger partial charge in [-0.1, -0.05) is 20.3 Å². The molecule has 0 radical (unpaired) electrons. The second-order valence-corrected chi connectivity index (χ2v) is 9.59. The Balaban J connectivity index is 1.52. The summed E-state index contributed by atoms with van der Waals surface area (Å²) in [6, 6.07) is 0.940. The standard InChI is InChI=1S/C24H33N7O4/c1-4-13(2)21(28-14(3)32)24(35)29-17-6-5-15-7-8-31-11-16(9-18(33)20(17)22(15)31)23(34)25-10-19-26-12-27-30-19/h7-8,12-13,16-17,20-21H,4-6,9-11H2,1-3H3,(H,25,34)(H,28,32)(H,29,35)(H,26,27,30)/t13-,16-,17-,20?,21-/m0/s1. The number of ketones is 1. The highest BCUT2D eigenvalue weighted by Crippen LogP contribution is 2.38. The van der Waals surface area contributed by atoms with E-state index < -0.39 is 23.9 Å². The van der Waals surface area contributed by atoms with Gasteiger partial charge in [0, 0.05) is 37.8 Å². The fourth-order valence-electron chi connectivity index (χ4n) is 5.15. The topological polar surface area (TPSA) is 151 Å². The number of Topliss-reactive ketones (excluding diaryl/α,β-unsaturated/α-hetero) is 1. The van der Waals surface area contributed by atoms with E-state index in [1.165, 1.54) is 13.3 Å². The molecule has 11 nitrogen and oxygen atoms in total. The number of carbonyl (C=O) groups excluding carboxylic acids is 4. The Morgan fingerprint density at radius 1 is 1.31 bits per heavy atom. The van der Waals surface area contributed by atoms with Crippen LogP contribution in [0.25, 0.3) is 0 Å². The third-order valence-electron chi connectivity index (χ3n) is 7.17. The molecule has 0 bridgehead atoms. The lowest BCUT2D eigenvalue weighted by molar-refractivity contribution is -0.132. The second kappa shape index (κ2) is 10.4. The predicted octanol–water partition coefficient (Wildman–Crippen LogP) is 0.577. The number of amides is 3. The zero-order chi connectivity index (χ0) is 25.1. The normalized spacial score (nSPS) is 22.9. The molecule has 35 heavy (non-hydrogen) atoms. The summed E-state index contributed by atoms with van der Waals surface area (Å²) in [6.45, 7) is 5.88. The van der Waals surface area contributed by atoms with Crippen molar-refractivity contribution in [2.24, 2.45) is 11.8 Å². The molecule has 5 atom stereocenters. The van der Waals surface area contributed by atoms with E-state index in [9.17, 15) is 19.2 Å². The van der Waals surface area contributed by atoms with Gasteiger partial charge in [0.15, 0.2) is 0 Å². The first-order chi connectivity index (χ1) is 16.8. The summed E-state index contributed by atoms with van der Waals surface area (Å²) in [5.41, 5.74) is 1.97. The van der Waals surface area contributed by atoms with Crippen LogP contribution in [0.1, 0.15) is 63.0 Å². The fourth-order valence-corrected chi connectivity index (χ4v) is 5.15. The number of aromatic amines is 1. The SMILES string of the molecule is CC[C@H](C)[C@H](NC(C)=O)C(=O)N[C@H]1CCc2ccn3c2C1C(=O)C[C@H](C(=O)NCc1ncn[nH]1)C3. The van der Waals surface area contributed by atoms with E-state index in [1.54, 1.807) is 0 Å². The van der Waals surface area contributed by atoms with Crippen molar-refractivity contribution in [3.63, 3.8) is 0 Å². The molecule has 4 rings (SSSR count). The summed E-state index contributed by atoms with van der Waals surface area (Å²) in [4.78, 5) is 55.4. The van der Waals surface area contributed by atoms with Crippen molar-refractivity contribution in [2.75, 3.05) is 0 Å². The smallest absolute Gasteiger partial charge is 0.243 e. The highest BCUT2D eigenvalue weighted by atomic mass is 16.2. The van der Waals surface area contributed by atoms with E-state index in [1.807, 2.05) is 30.7 Å². The van der Waals surface area contributed by atoms with Crippen LogP contribution in [0, 0.1) is 11.8 Å². The summed E-state index contributed by atoms with van der Waals surface area (Å²) >= 11 is 0. The van der Waals surface area contributed by atoms with Crippen LogP contribution in [0.15, 0.2) is 18.6 Å². The molecule has 0 spiro atoms. The minimum atomic E-state index is -0.666. The van der Waals surface area contributed by atoms with E-state index in [4.69, 9.17) is 0 Å².